The third kappa shape index (κ3) is 5.75. The maximum absolute atomic E-state index is 12.0. The Balaban J connectivity index is 1.57. The van der Waals surface area contributed by atoms with E-state index in [-0.39, 0.29) is 0 Å². The van der Waals surface area contributed by atoms with Crippen LogP contribution in [0.1, 0.15) is 31.2 Å². The average molecular weight is 324 g/mol. The van der Waals surface area contributed by atoms with Crippen molar-refractivity contribution in [3.63, 3.8) is 0 Å². The predicted octanol–water partition coefficient (Wildman–Crippen LogP) is 2.54. The van der Waals surface area contributed by atoms with Gasteiger partial charge in [0.15, 0.2) is 0 Å². The monoisotopic (exact) mass is 324 g/mol. The van der Waals surface area contributed by atoms with E-state index in [1.807, 2.05) is 12.1 Å². The van der Waals surface area contributed by atoms with Gasteiger partial charge >= 0.3 is 6.09 Å². The third-order valence-corrected chi connectivity index (χ3v) is 5.66. The van der Waals surface area contributed by atoms with Crippen LogP contribution in [0.2, 0.25) is 0 Å². The van der Waals surface area contributed by atoms with Crippen molar-refractivity contribution in [2.24, 2.45) is 5.92 Å². The molecule has 1 fully saturated rings. The van der Waals surface area contributed by atoms with E-state index in [1.54, 1.807) is 12.4 Å². The van der Waals surface area contributed by atoms with E-state index < -0.39 is 16.9 Å². The minimum absolute atomic E-state index is 0.528. The molecule has 0 bridgehead atoms. The Morgan fingerprint density at radius 1 is 1.27 bits per heavy atom. The Morgan fingerprint density at radius 3 is 2.59 bits per heavy atom. The van der Waals surface area contributed by atoms with Gasteiger partial charge in [0.1, 0.15) is 0 Å². The first-order valence-electron chi connectivity index (χ1n) is 7.87. The number of carboxylic acid groups (broad SMARTS) is 1. The van der Waals surface area contributed by atoms with Gasteiger partial charge in [0.25, 0.3) is 0 Å². The molecule has 0 aliphatic carbocycles. The second kappa shape index (κ2) is 8.88. The largest absolute Gasteiger partial charge is 0.465 e. The fourth-order valence-corrected chi connectivity index (χ4v) is 4.07. The van der Waals surface area contributed by atoms with Crippen LogP contribution in [-0.2, 0) is 17.2 Å². The Hall–Kier alpha value is -1.43. The van der Waals surface area contributed by atoms with Crippen molar-refractivity contribution in [2.75, 3.05) is 24.6 Å². The normalized spacial score (nSPS) is 17.4. The molecular formula is C16H24N2O3S. The highest BCUT2D eigenvalue weighted by atomic mass is 32.2. The van der Waals surface area contributed by atoms with Crippen molar-refractivity contribution < 1.29 is 14.1 Å². The molecule has 0 aromatic carbocycles. The SMILES string of the molecule is O=C(O)N1CCC(CCS(=O)CCCc2ccncc2)CC1. The number of pyridine rings is 1. The van der Waals surface area contributed by atoms with Gasteiger partial charge < -0.3 is 10.0 Å². The standard InChI is InChI=1S/C16H24N2O3S/c19-16(20)18-10-5-15(6-11-18)7-13-22(21)12-1-2-14-3-8-17-9-4-14/h3-4,8-9,15H,1-2,5-7,10-13H2,(H,19,20). The lowest BCUT2D eigenvalue weighted by Crippen LogP contribution is -2.37. The molecule has 1 aliphatic heterocycles. The van der Waals surface area contributed by atoms with Gasteiger partial charge in [-0.05, 0) is 55.7 Å². The van der Waals surface area contributed by atoms with Crippen LogP contribution in [0.5, 0.6) is 0 Å². The molecule has 1 aliphatic rings. The number of piperidine rings is 1. The first kappa shape index (κ1) is 16.9. The molecule has 2 rings (SSSR count). The summed E-state index contributed by atoms with van der Waals surface area (Å²) in [5.74, 6) is 2.02. The topological polar surface area (TPSA) is 70.5 Å². The van der Waals surface area contributed by atoms with Gasteiger partial charge in [-0.15, -0.1) is 0 Å². The van der Waals surface area contributed by atoms with E-state index >= 15 is 0 Å². The molecule has 122 valence electrons. The molecule has 1 atom stereocenters. The number of amides is 1. The van der Waals surface area contributed by atoms with Crippen molar-refractivity contribution in [1.29, 1.82) is 0 Å². The number of hydrogen-bond donors (Lipinski definition) is 1. The number of hydrogen-bond acceptors (Lipinski definition) is 3. The first-order valence-corrected chi connectivity index (χ1v) is 9.35. The van der Waals surface area contributed by atoms with E-state index in [2.05, 4.69) is 4.98 Å². The number of aromatic nitrogens is 1. The molecule has 1 N–H and O–H groups in total. The Kier molecular flexibility index (Phi) is 6.83. The van der Waals surface area contributed by atoms with E-state index in [1.165, 1.54) is 10.5 Å². The first-order chi connectivity index (χ1) is 10.6. The van der Waals surface area contributed by atoms with Crippen LogP contribution in [0.3, 0.4) is 0 Å². The van der Waals surface area contributed by atoms with Crippen LogP contribution < -0.4 is 0 Å². The third-order valence-electron chi connectivity index (χ3n) is 4.23. The van der Waals surface area contributed by atoms with Crippen LogP contribution in [0.4, 0.5) is 4.79 Å². The van der Waals surface area contributed by atoms with Crippen LogP contribution >= 0.6 is 0 Å². The highest BCUT2D eigenvalue weighted by Gasteiger charge is 2.22. The minimum atomic E-state index is -0.821. The van der Waals surface area contributed by atoms with E-state index in [0.717, 1.165) is 43.6 Å². The summed E-state index contributed by atoms with van der Waals surface area (Å²) in [5, 5.41) is 8.91. The summed E-state index contributed by atoms with van der Waals surface area (Å²) >= 11 is 0. The van der Waals surface area contributed by atoms with Crippen molar-refractivity contribution in [3.05, 3.63) is 30.1 Å². The molecule has 6 heteroatoms. The van der Waals surface area contributed by atoms with Crippen LogP contribution in [0.15, 0.2) is 24.5 Å². The fourth-order valence-electron chi connectivity index (χ4n) is 2.80. The fraction of sp³-hybridized carbons (Fsp3) is 0.625. The molecule has 22 heavy (non-hydrogen) atoms. The lowest BCUT2D eigenvalue weighted by atomic mass is 9.95. The van der Waals surface area contributed by atoms with Gasteiger partial charge in [0.2, 0.25) is 0 Å². The molecule has 5 nitrogen and oxygen atoms in total. The molecule has 2 heterocycles. The van der Waals surface area contributed by atoms with Gasteiger partial charge in [0, 0.05) is 47.8 Å². The summed E-state index contributed by atoms with van der Waals surface area (Å²) in [7, 11) is -0.758. The van der Waals surface area contributed by atoms with Crippen molar-refractivity contribution in [2.45, 2.75) is 32.1 Å². The Morgan fingerprint density at radius 2 is 1.95 bits per heavy atom. The predicted molar refractivity (Wildman–Crippen MR) is 87.4 cm³/mol. The highest BCUT2D eigenvalue weighted by molar-refractivity contribution is 7.84. The maximum Gasteiger partial charge on any atom is 0.407 e. The second-order valence-electron chi connectivity index (χ2n) is 5.81. The van der Waals surface area contributed by atoms with Gasteiger partial charge in [-0.2, -0.15) is 0 Å². The molecule has 1 amide bonds. The Bertz CT molecular complexity index is 487. The zero-order chi connectivity index (χ0) is 15.8. The number of nitrogens with zero attached hydrogens (tertiary/aromatic N) is 2. The second-order valence-corrected chi connectivity index (χ2v) is 7.50. The van der Waals surface area contributed by atoms with Gasteiger partial charge in [-0.3, -0.25) is 9.19 Å². The summed E-state index contributed by atoms with van der Waals surface area (Å²) in [5.41, 5.74) is 1.24. The smallest absolute Gasteiger partial charge is 0.407 e. The minimum Gasteiger partial charge on any atom is -0.465 e. The zero-order valence-electron chi connectivity index (χ0n) is 12.8. The molecule has 1 unspecified atom stereocenters. The van der Waals surface area contributed by atoms with Crippen LogP contribution in [0, 0.1) is 5.92 Å². The lowest BCUT2D eigenvalue weighted by molar-refractivity contribution is 0.124. The van der Waals surface area contributed by atoms with E-state index in [4.69, 9.17) is 5.11 Å². The van der Waals surface area contributed by atoms with E-state index in [9.17, 15) is 9.00 Å². The molecule has 0 saturated carbocycles. The van der Waals surface area contributed by atoms with Gasteiger partial charge in [-0.1, -0.05) is 0 Å². The molecule has 1 aromatic rings. The summed E-state index contributed by atoms with van der Waals surface area (Å²) in [6.45, 7) is 1.24. The summed E-state index contributed by atoms with van der Waals surface area (Å²) in [4.78, 5) is 16.3. The maximum atomic E-state index is 12.0. The van der Waals surface area contributed by atoms with Crippen molar-refractivity contribution in [3.8, 4) is 0 Å². The van der Waals surface area contributed by atoms with Crippen LogP contribution in [0.25, 0.3) is 0 Å². The van der Waals surface area contributed by atoms with Crippen molar-refractivity contribution in [1.82, 2.24) is 9.88 Å². The molecular weight excluding hydrogens is 300 g/mol. The molecule has 0 radical (unpaired) electrons. The summed E-state index contributed by atoms with van der Waals surface area (Å²) in [6, 6.07) is 4.00. The number of aryl methyl sites for hydroxylation is 1. The quantitative estimate of drug-likeness (QED) is 0.837. The highest BCUT2D eigenvalue weighted by Crippen LogP contribution is 2.20. The van der Waals surface area contributed by atoms with Crippen molar-refractivity contribution >= 4 is 16.9 Å². The van der Waals surface area contributed by atoms with Gasteiger partial charge in [0.05, 0.1) is 0 Å². The molecule has 1 saturated heterocycles. The number of rotatable bonds is 7. The number of carbonyl (C=O) groups is 1. The lowest BCUT2D eigenvalue weighted by Gasteiger charge is -2.29. The average Bonchev–Trinajstić information content (AvgIpc) is 2.54. The van der Waals surface area contributed by atoms with Crippen LogP contribution in [-0.4, -0.2) is 49.9 Å². The Labute approximate surface area is 134 Å². The zero-order valence-corrected chi connectivity index (χ0v) is 13.6. The van der Waals surface area contributed by atoms with Gasteiger partial charge in [-0.25, -0.2) is 4.79 Å². The number of likely N-dealkylation sites (tertiary alicyclic amines) is 1. The summed E-state index contributed by atoms with van der Waals surface area (Å²) in [6.07, 6.45) is 7.40. The molecule has 0 spiro atoms. The summed E-state index contributed by atoms with van der Waals surface area (Å²) < 4.78 is 12.0. The van der Waals surface area contributed by atoms with E-state index in [0.29, 0.717) is 19.0 Å². The molecule has 1 aromatic heterocycles.